The van der Waals surface area contributed by atoms with Crippen molar-refractivity contribution < 1.29 is 19.1 Å². The van der Waals surface area contributed by atoms with E-state index in [9.17, 15) is 14.4 Å². The van der Waals surface area contributed by atoms with Crippen LogP contribution in [0.1, 0.15) is 15.9 Å². The number of thioether (sulfide) groups is 1. The second-order valence-electron chi connectivity index (χ2n) is 5.45. The smallest absolute Gasteiger partial charge is 0.286 e. The summed E-state index contributed by atoms with van der Waals surface area (Å²) in [5.41, 5.74) is 1.45. The molecule has 1 aliphatic heterocycles. The van der Waals surface area contributed by atoms with Gasteiger partial charge in [-0.05, 0) is 48.4 Å². The van der Waals surface area contributed by atoms with E-state index in [1.165, 1.54) is 0 Å². The Hall–Kier alpha value is -2.31. The molecule has 1 unspecified atom stereocenters. The van der Waals surface area contributed by atoms with E-state index in [0.29, 0.717) is 22.8 Å². The van der Waals surface area contributed by atoms with Crippen LogP contribution in [0.5, 0.6) is 5.75 Å². The van der Waals surface area contributed by atoms with Crippen molar-refractivity contribution in [2.45, 2.75) is 11.7 Å². The highest BCUT2D eigenvalue weighted by molar-refractivity contribution is 8.15. The van der Waals surface area contributed by atoms with E-state index in [1.807, 2.05) is 12.1 Å². The molecule has 25 heavy (non-hydrogen) atoms. The van der Waals surface area contributed by atoms with E-state index in [2.05, 4.69) is 5.32 Å². The molecule has 0 bridgehead atoms. The molecule has 1 saturated heterocycles. The molecule has 128 valence electrons. The number of amides is 2. The van der Waals surface area contributed by atoms with Gasteiger partial charge in [0.2, 0.25) is 5.91 Å². The molecule has 5 nitrogen and oxygen atoms in total. The average Bonchev–Trinajstić information content (AvgIpc) is 2.92. The van der Waals surface area contributed by atoms with E-state index in [0.717, 1.165) is 17.3 Å². The fourth-order valence-electron chi connectivity index (χ4n) is 2.33. The number of carbonyl (C=O) groups is 3. The number of hydrogen-bond acceptors (Lipinski definition) is 5. The molecule has 0 aromatic heterocycles. The SMILES string of the molecule is O=C1NC(=O)C(Cc2ccc(OCC(=O)c3ccc(Cl)cc3)cc2)S1. The number of ketones is 1. The molecule has 2 aromatic carbocycles. The van der Waals surface area contributed by atoms with Crippen molar-refractivity contribution in [1.29, 1.82) is 0 Å². The van der Waals surface area contributed by atoms with E-state index in [-0.39, 0.29) is 23.5 Å². The number of carbonyl (C=O) groups excluding carboxylic acids is 3. The fraction of sp³-hybridized carbons (Fsp3) is 0.167. The zero-order chi connectivity index (χ0) is 17.8. The molecule has 1 heterocycles. The van der Waals surface area contributed by atoms with Crippen LogP contribution in [-0.4, -0.2) is 28.8 Å². The van der Waals surface area contributed by atoms with Gasteiger partial charge in [-0.2, -0.15) is 0 Å². The maximum atomic E-state index is 12.0. The lowest BCUT2D eigenvalue weighted by Gasteiger charge is -2.08. The van der Waals surface area contributed by atoms with Gasteiger partial charge in [0, 0.05) is 10.6 Å². The van der Waals surface area contributed by atoms with Crippen LogP contribution < -0.4 is 10.1 Å². The maximum absolute atomic E-state index is 12.0. The van der Waals surface area contributed by atoms with Gasteiger partial charge in [0.25, 0.3) is 5.24 Å². The van der Waals surface area contributed by atoms with Crippen LogP contribution >= 0.6 is 23.4 Å². The van der Waals surface area contributed by atoms with Crippen molar-refractivity contribution in [1.82, 2.24) is 5.32 Å². The molecule has 2 amide bonds. The average molecular weight is 376 g/mol. The number of halogens is 1. The minimum atomic E-state index is -0.397. The Labute approximate surface area is 153 Å². The minimum absolute atomic E-state index is 0.0731. The van der Waals surface area contributed by atoms with Crippen molar-refractivity contribution in [2.75, 3.05) is 6.61 Å². The van der Waals surface area contributed by atoms with Gasteiger partial charge in [-0.1, -0.05) is 35.5 Å². The summed E-state index contributed by atoms with van der Waals surface area (Å²) in [6, 6.07) is 13.7. The summed E-state index contributed by atoms with van der Waals surface area (Å²) < 4.78 is 5.49. The Kier molecular flexibility index (Phi) is 5.40. The van der Waals surface area contributed by atoms with E-state index >= 15 is 0 Å². The summed E-state index contributed by atoms with van der Waals surface area (Å²) in [7, 11) is 0. The molecular formula is C18H14ClNO4S. The fourth-order valence-corrected chi connectivity index (χ4v) is 3.32. The lowest BCUT2D eigenvalue weighted by molar-refractivity contribution is -0.118. The van der Waals surface area contributed by atoms with E-state index in [4.69, 9.17) is 16.3 Å². The lowest BCUT2D eigenvalue weighted by Crippen LogP contribution is -2.25. The van der Waals surface area contributed by atoms with E-state index in [1.54, 1.807) is 36.4 Å². The molecule has 2 aromatic rings. The number of benzene rings is 2. The van der Waals surface area contributed by atoms with Crippen molar-refractivity contribution in [3.8, 4) is 5.75 Å². The largest absolute Gasteiger partial charge is 0.485 e. The summed E-state index contributed by atoms with van der Waals surface area (Å²) in [4.78, 5) is 34.8. The zero-order valence-electron chi connectivity index (χ0n) is 13.0. The number of imide groups is 1. The Morgan fingerprint density at radius 1 is 1.08 bits per heavy atom. The molecule has 0 radical (unpaired) electrons. The van der Waals surface area contributed by atoms with Crippen molar-refractivity contribution in [3.05, 3.63) is 64.7 Å². The van der Waals surface area contributed by atoms with Crippen LogP contribution in [0.2, 0.25) is 5.02 Å². The third-order valence-electron chi connectivity index (χ3n) is 3.65. The number of ether oxygens (including phenoxy) is 1. The number of Topliss-reactive ketones (excluding diaryl/α,β-unsaturated/α-hetero) is 1. The monoisotopic (exact) mass is 375 g/mol. The third kappa shape index (κ3) is 4.61. The van der Waals surface area contributed by atoms with Crippen LogP contribution in [0.4, 0.5) is 4.79 Å². The van der Waals surface area contributed by atoms with Gasteiger partial charge >= 0.3 is 0 Å². The molecule has 1 aliphatic rings. The van der Waals surface area contributed by atoms with Gasteiger partial charge in [-0.25, -0.2) is 0 Å². The molecule has 1 atom stereocenters. The first-order chi connectivity index (χ1) is 12.0. The molecule has 0 aliphatic carbocycles. The molecule has 1 N–H and O–H groups in total. The molecular weight excluding hydrogens is 362 g/mol. The first-order valence-corrected chi connectivity index (χ1v) is 8.79. The minimum Gasteiger partial charge on any atom is -0.485 e. The van der Waals surface area contributed by atoms with Gasteiger partial charge in [-0.15, -0.1) is 0 Å². The molecule has 1 fully saturated rings. The molecule has 0 spiro atoms. The van der Waals surface area contributed by atoms with Crippen LogP contribution in [0, 0.1) is 0 Å². The Balaban J connectivity index is 1.54. The van der Waals surface area contributed by atoms with Crippen LogP contribution in [0.15, 0.2) is 48.5 Å². The zero-order valence-corrected chi connectivity index (χ0v) is 14.6. The topological polar surface area (TPSA) is 72.5 Å². The quantitative estimate of drug-likeness (QED) is 0.782. The maximum Gasteiger partial charge on any atom is 0.286 e. The molecule has 7 heteroatoms. The third-order valence-corrected chi connectivity index (χ3v) is 4.88. The van der Waals surface area contributed by atoms with Crippen molar-refractivity contribution >= 4 is 40.3 Å². The van der Waals surface area contributed by atoms with Gasteiger partial charge in [0.15, 0.2) is 12.4 Å². The highest BCUT2D eigenvalue weighted by Gasteiger charge is 2.31. The second kappa shape index (κ2) is 7.72. The second-order valence-corrected chi connectivity index (χ2v) is 7.06. The van der Waals surface area contributed by atoms with Crippen molar-refractivity contribution in [3.63, 3.8) is 0 Å². The summed E-state index contributed by atoms with van der Waals surface area (Å²) in [6.07, 6.45) is 0.465. The first kappa shape index (κ1) is 17.5. The summed E-state index contributed by atoms with van der Waals surface area (Å²) in [5, 5.41) is 2.13. The first-order valence-electron chi connectivity index (χ1n) is 7.53. The number of hydrogen-bond donors (Lipinski definition) is 1. The van der Waals surface area contributed by atoms with Gasteiger partial charge in [0.05, 0.1) is 5.25 Å². The summed E-state index contributed by atoms with van der Waals surface area (Å²) in [6.45, 7) is -0.0731. The highest BCUT2D eigenvalue weighted by atomic mass is 35.5. The predicted octanol–water partition coefficient (Wildman–Crippen LogP) is 3.50. The summed E-state index contributed by atoms with van der Waals surface area (Å²) >= 11 is 6.79. The van der Waals surface area contributed by atoms with Crippen LogP contribution in [0.25, 0.3) is 0 Å². The van der Waals surface area contributed by atoms with Gasteiger partial charge in [-0.3, -0.25) is 19.7 Å². The normalized spacial score (nSPS) is 16.6. The predicted molar refractivity (Wildman–Crippen MR) is 96.3 cm³/mol. The van der Waals surface area contributed by atoms with E-state index < -0.39 is 5.25 Å². The van der Waals surface area contributed by atoms with Gasteiger partial charge in [0.1, 0.15) is 5.75 Å². The summed E-state index contributed by atoms with van der Waals surface area (Å²) in [5.74, 6) is 0.160. The van der Waals surface area contributed by atoms with Crippen LogP contribution in [-0.2, 0) is 11.2 Å². The van der Waals surface area contributed by atoms with Gasteiger partial charge < -0.3 is 4.74 Å². The lowest BCUT2D eigenvalue weighted by atomic mass is 10.1. The molecule has 3 rings (SSSR count). The number of nitrogens with one attached hydrogen (secondary N) is 1. The highest BCUT2D eigenvalue weighted by Crippen LogP contribution is 2.24. The van der Waals surface area contributed by atoms with Crippen molar-refractivity contribution in [2.24, 2.45) is 0 Å². The molecule has 0 saturated carbocycles. The Morgan fingerprint density at radius 2 is 1.76 bits per heavy atom. The number of rotatable bonds is 6. The van der Waals surface area contributed by atoms with Crippen LogP contribution in [0.3, 0.4) is 0 Å². The Morgan fingerprint density at radius 3 is 2.36 bits per heavy atom. The standard InChI is InChI=1S/C18H14ClNO4S/c19-13-5-3-12(4-6-13)15(21)10-24-14-7-1-11(2-8-14)9-16-17(22)20-18(23)25-16/h1-8,16H,9-10H2,(H,20,22,23). The Bertz CT molecular complexity index is 805.